The van der Waals surface area contributed by atoms with Crippen molar-refractivity contribution in [1.82, 2.24) is 5.32 Å². The van der Waals surface area contributed by atoms with Gasteiger partial charge in [0.15, 0.2) is 0 Å². The standard InChI is InChI=1S/C17H25NO4S2/c19-13-7-5-12(6-8-13)11-15(17(21)22)18-16(20)4-2-1-3-14-9-10-23-24-14/h5,7-8,12,14-15,19H,1-4,6,9-11H2,(H,18,20)(H,21,22)/t12?,14-,15+/m1/s1. The summed E-state index contributed by atoms with van der Waals surface area (Å²) in [5.41, 5.74) is 0. The molecular formula is C17H25NO4S2. The van der Waals surface area contributed by atoms with Crippen molar-refractivity contribution in [3.05, 3.63) is 24.0 Å². The van der Waals surface area contributed by atoms with Crippen molar-refractivity contribution in [3.8, 4) is 0 Å². The first kappa shape index (κ1) is 19.2. The van der Waals surface area contributed by atoms with E-state index in [1.165, 1.54) is 12.2 Å². The predicted octanol–water partition coefficient (Wildman–Crippen LogP) is 3.68. The maximum Gasteiger partial charge on any atom is 0.326 e. The van der Waals surface area contributed by atoms with Crippen LogP contribution in [0.25, 0.3) is 0 Å². The largest absolute Gasteiger partial charge is 0.508 e. The molecule has 0 bridgehead atoms. The summed E-state index contributed by atoms with van der Waals surface area (Å²) in [6.45, 7) is 0. The van der Waals surface area contributed by atoms with E-state index < -0.39 is 12.0 Å². The van der Waals surface area contributed by atoms with Gasteiger partial charge in [-0.05, 0) is 50.2 Å². The molecule has 0 aromatic carbocycles. The average molecular weight is 372 g/mol. The maximum atomic E-state index is 12.0. The molecule has 1 amide bonds. The first-order valence-corrected chi connectivity index (χ1v) is 10.8. The quantitative estimate of drug-likeness (QED) is 0.423. The van der Waals surface area contributed by atoms with Crippen molar-refractivity contribution in [1.29, 1.82) is 0 Å². The lowest BCUT2D eigenvalue weighted by Gasteiger charge is -2.20. The minimum atomic E-state index is -1.00. The number of carboxylic acids is 1. The molecule has 134 valence electrons. The van der Waals surface area contributed by atoms with Gasteiger partial charge in [-0.2, -0.15) is 0 Å². The summed E-state index contributed by atoms with van der Waals surface area (Å²) in [6, 6.07) is -0.873. The summed E-state index contributed by atoms with van der Waals surface area (Å²) in [7, 11) is 3.87. The number of allylic oxidation sites excluding steroid dienone is 3. The zero-order chi connectivity index (χ0) is 17.4. The Kier molecular flexibility index (Phi) is 8.05. The Morgan fingerprint density at radius 3 is 2.83 bits per heavy atom. The van der Waals surface area contributed by atoms with Gasteiger partial charge in [0, 0.05) is 17.4 Å². The van der Waals surface area contributed by atoms with Gasteiger partial charge >= 0.3 is 5.97 Å². The highest BCUT2D eigenvalue weighted by atomic mass is 33.1. The highest BCUT2D eigenvalue weighted by molar-refractivity contribution is 8.77. The molecule has 7 heteroatoms. The van der Waals surface area contributed by atoms with Crippen molar-refractivity contribution >= 4 is 33.5 Å². The van der Waals surface area contributed by atoms with E-state index in [0.29, 0.717) is 24.5 Å². The molecule has 1 aliphatic heterocycles. The smallest absolute Gasteiger partial charge is 0.326 e. The third kappa shape index (κ3) is 6.81. The normalized spacial score (nSPS) is 24.4. The number of aliphatic hydroxyl groups excluding tert-OH is 1. The van der Waals surface area contributed by atoms with E-state index in [0.717, 1.165) is 19.3 Å². The van der Waals surface area contributed by atoms with Gasteiger partial charge in [0.05, 0.1) is 0 Å². The van der Waals surface area contributed by atoms with Gasteiger partial charge < -0.3 is 15.5 Å². The number of aliphatic carboxylic acids is 1. The van der Waals surface area contributed by atoms with Crippen LogP contribution in [0, 0.1) is 5.92 Å². The minimum absolute atomic E-state index is 0.0270. The van der Waals surface area contributed by atoms with Gasteiger partial charge in [-0.15, -0.1) is 0 Å². The van der Waals surface area contributed by atoms with Gasteiger partial charge in [-0.1, -0.05) is 34.1 Å². The second-order valence-electron chi connectivity index (χ2n) is 6.25. The van der Waals surface area contributed by atoms with Crippen LogP contribution in [0.1, 0.15) is 44.9 Å². The number of carbonyl (C=O) groups excluding carboxylic acids is 1. The molecule has 0 saturated carbocycles. The van der Waals surface area contributed by atoms with Crippen molar-refractivity contribution in [2.45, 2.75) is 56.2 Å². The van der Waals surface area contributed by atoms with Crippen molar-refractivity contribution in [2.24, 2.45) is 5.92 Å². The van der Waals surface area contributed by atoms with Crippen LogP contribution in [-0.4, -0.2) is 39.1 Å². The number of carboxylic acid groups (broad SMARTS) is 1. The third-order valence-corrected chi connectivity index (χ3v) is 7.25. The van der Waals surface area contributed by atoms with Gasteiger partial charge in [-0.25, -0.2) is 4.79 Å². The van der Waals surface area contributed by atoms with Crippen LogP contribution in [0.2, 0.25) is 0 Å². The topological polar surface area (TPSA) is 86.6 Å². The second kappa shape index (κ2) is 10.0. The Hall–Kier alpha value is -1.08. The lowest BCUT2D eigenvalue weighted by atomic mass is 9.92. The summed E-state index contributed by atoms with van der Waals surface area (Å²) < 4.78 is 0. The van der Waals surface area contributed by atoms with Gasteiger partial charge in [-0.3, -0.25) is 4.79 Å². The summed E-state index contributed by atoms with van der Waals surface area (Å²) in [5, 5.41) is 22.0. The van der Waals surface area contributed by atoms with Crippen LogP contribution < -0.4 is 5.32 Å². The molecule has 3 N–H and O–H groups in total. The zero-order valence-corrected chi connectivity index (χ0v) is 15.3. The molecule has 1 aliphatic carbocycles. The molecule has 0 aromatic rings. The van der Waals surface area contributed by atoms with Crippen molar-refractivity contribution in [2.75, 3.05) is 5.75 Å². The number of rotatable bonds is 9. The van der Waals surface area contributed by atoms with Crippen LogP contribution in [0.5, 0.6) is 0 Å². The molecular weight excluding hydrogens is 346 g/mol. The third-order valence-electron chi connectivity index (χ3n) is 4.25. The number of aliphatic hydroxyl groups is 1. The Bertz CT molecular complexity index is 501. The molecule has 24 heavy (non-hydrogen) atoms. The molecule has 5 nitrogen and oxygen atoms in total. The van der Waals surface area contributed by atoms with E-state index in [2.05, 4.69) is 5.32 Å². The number of hydrogen-bond acceptors (Lipinski definition) is 5. The summed E-state index contributed by atoms with van der Waals surface area (Å²) >= 11 is 0. The highest BCUT2D eigenvalue weighted by Gasteiger charge is 2.24. The van der Waals surface area contributed by atoms with E-state index in [1.54, 1.807) is 18.2 Å². The number of carbonyl (C=O) groups is 2. The maximum absolute atomic E-state index is 12.0. The first-order valence-electron chi connectivity index (χ1n) is 8.42. The molecule has 2 rings (SSSR count). The monoisotopic (exact) mass is 371 g/mol. The van der Waals surface area contributed by atoms with Gasteiger partial charge in [0.25, 0.3) is 0 Å². The number of nitrogens with one attached hydrogen (secondary N) is 1. The molecule has 1 saturated heterocycles. The second-order valence-corrected chi connectivity index (χ2v) is 9.04. The van der Waals surface area contributed by atoms with E-state index in [-0.39, 0.29) is 17.6 Å². The van der Waals surface area contributed by atoms with E-state index in [9.17, 15) is 19.8 Å². The molecule has 1 heterocycles. The molecule has 1 unspecified atom stereocenters. The summed E-state index contributed by atoms with van der Waals surface area (Å²) in [4.78, 5) is 23.4. The van der Waals surface area contributed by atoms with E-state index >= 15 is 0 Å². The fourth-order valence-electron chi connectivity index (χ4n) is 2.84. The highest BCUT2D eigenvalue weighted by Crippen LogP contribution is 2.39. The van der Waals surface area contributed by atoms with E-state index in [4.69, 9.17) is 0 Å². The van der Waals surface area contributed by atoms with Crippen LogP contribution in [0.15, 0.2) is 24.0 Å². The zero-order valence-electron chi connectivity index (χ0n) is 13.6. The Morgan fingerprint density at radius 1 is 1.38 bits per heavy atom. The van der Waals surface area contributed by atoms with Crippen LogP contribution >= 0.6 is 21.6 Å². The molecule has 0 radical (unpaired) electrons. The van der Waals surface area contributed by atoms with Crippen molar-refractivity contribution in [3.63, 3.8) is 0 Å². The number of amides is 1. The van der Waals surface area contributed by atoms with Crippen molar-refractivity contribution < 1.29 is 19.8 Å². The first-order chi connectivity index (χ1) is 11.5. The summed E-state index contributed by atoms with van der Waals surface area (Å²) in [6.07, 6.45) is 10.6. The summed E-state index contributed by atoms with van der Waals surface area (Å²) in [5.74, 6) is 0.266. The minimum Gasteiger partial charge on any atom is -0.508 e. The molecule has 0 spiro atoms. The fourth-order valence-corrected chi connectivity index (χ4v) is 5.87. The van der Waals surface area contributed by atoms with Gasteiger partial charge in [0.2, 0.25) is 5.91 Å². The molecule has 1 fully saturated rings. The molecule has 3 atom stereocenters. The lowest BCUT2D eigenvalue weighted by molar-refractivity contribution is -0.142. The fraction of sp³-hybridized carbons (Fsp3) is 0.647. The van der Waals surface area contributed by atoms with Crippen LogP contribution in [-0.2, 0) is 9.59 Å². The SMILES string of the molecule is O=C(CCCC[C@@H]1CCSS1)N[C@@H](CC1C=CC(O)=CC1)C(=O)O. The van der Waals surface area contributed by atoms with Crippen LogP contribution in [0.4, 0.5) is 0 Å². The van der Waals surface area contributed by atoms with Gasteiger partial charge in [0.1, 0.15) is 11.8 Å². The lowest BCUT2D eigenvalue weighted by Crippen LogP contribution is -2.41. The molecule has 0 aromatic heterocycles. The Morgan fingerprint density at radius 2 is 2.21 bits per heavy atom. The Labute approximate surface area is 150 Å². The number of hydrogen-bond donors (Lipinski definition) is 3. The van der Waals surface area contributed by atoms with E-state index in [1.807, 2.05) is 21.6 Å². The average Bonchev–Trinajstić information content (AvgIpc) is 3.06. The predicted molar refractivity (Wildman–Crippen MR) is 99.1 cm³/mol. The van der Waals surface area contributed by atoms with Crippen LogP contribution in [0.3, 0.4) is 0 Å². The number of unbranched alkanes of at least 4 members (excludes halogenated alkanes) is 1. The molecule has 2 aliphatic rings. The Balaban J connectivity index is 1.66.